The quantitative estimate of drug-likeness (QED) is 0.698. The second kappa shape index (κ2) is 6.76. The van der Waals surface area contributed by atoms with Gasteiger partial charge in [0.1, 0.15) is 5.82 Å². The normalized spacial score (nSPS) is 11.0. The Balaban J connectivity index is 1.72. The van der Waals surface area contributed by atoms with Crippen molar-refractivity contribution in [1.82, 2.24) is 15.2 Å². The minimum absolute atomic E-state index is 0.234. The Kier molecular flexibility index (Phi) is 4.55. The average molecular weight is 345 g/mol. The molecule has 3 aromatic heterocycles. The molecule has 0 saturated carbocycles. The number of halogens is 1. The Bertz CT molecular complexity index is 854. The van der Waals surface area contributed by atoms with Crippen molar-refractivity contribution in [1.29, 1.82) is 0 Å². The molecule has 5 nitrogen and oxygen atoms in total. The van der Waals surface area contributed by atoms with Crippen LogP contribution in [0.25, 0.3) is 17.3 Å². The van der Waals surface area contributed by atoms with Crippen LogP contribution in [0.3, 0.4) is 0 Å². The van der Waals surface area contributed by atoms with E-state index in [0.717, 1.165) is 21.7 Å². The monoisotopic (exact) mass is 344 g/mol. The number of hydrogen-bond acceptors (Lipinski definition) is 4. The van der Waals surface area contributed by atoms with Crippen LogP contribution in [0.2, 0.25) is 4.34 Å². The summed E-state index contributed by atoms with van der Waals surface area (Å²) in [7, 11) is 0. The number of aromatic amines is 1. The molecular weight excluding hydrogens is 332 g/mol. The molecule has 116 valence electrons. The van der Waals surface area contributed by atoms with Gasteiger partial charge in [-0.25, -0.2) is 0 Å². The van der Waals surface area contributed by atoms with Gasteiger partial charge in [0.2, 0.25) is 5.91 Å². The van der Waals surface area contributed by atoms with Crippen LogP contribution in [0, 0.1) is 6.92 Å². The lowest BCUT2D eigenvalue weighted by Crippen LogP contribution is -2.08. The van der Waals surface area contributed by atoms with Crippen LogP contribution in [-0.4, -0.2) is 21.1 Å². The summed E-state index contributed by atoms with van der Waals surface area (Å²) in [5.74, 6) is 0.346. The minimum atomic E-state index is -0.234. The second-order valence-electron chi connectivity index (χ2n) is 4.77. The number of nitrogens with zero attached hydrogens (tertiary/aromatic N) is 2. The molecule has 0 saturated heterocycles. The summed E-state index contributed by atoms with van der Waals surface area (Å²) in [5, 5.41) is 9.89. The molecule has 0 atom stereocenters. The zero-order valence-electron chi connectivity index (χ0n) is 12.2. The Labute approximate surface area is 142 Å². The largest absolute Gasteiger partial charge is 0.307 e. The van der Waals surface area contributed by atoms with Gasteiger partial charge in [0, 0.05) is 34.5 Å². The first-order chi connectivity index (χ1) is 11.1. The molecule has 0 aliphatic rings. The van der Waals surface area contributed by atoms with Crippen molar-refractivity contribution in [3.05, 3.63) is 57.5 Å². The van der Waals surface area contributed by atoms with Crippen LogP contribution < -0.4 is 5.32 Å². The third kappa shape index (κ3) is 3.67. The van der Waals surface area contributed by atoms with E-state index in [4.69, 9.17) is 11.6 Å². The number of aromatic nitrogens is 3. The Morgan fingerprint density at radius 1 is 1.30 bits per heavy atom. The van der Waals surface area contributed by atoms with E-state index in [9.17, 15) is 4.79 Å². The first kappa shape index (κ1) is 15.5. The van der Waals surface area contributed by atoms with Gasteiger partial charge in [0.25, 0.3) is 0 Å². The number of pyridine rings is 1. The maximum Gasteiger partial charge on any atom is 0.249 e. The van der Waals surface area contributed by atoms with Crippen LogP contribution in [0.15, 0.2) is 42.7 Å². The molecule has 23 heavy (non-hydrogen) atoms. The Hall–Kier alpha value is -2.44. The molecule has 0 aliphatic carbocycles. The topological polar surface area (TPSA) is 70.7 Å². The van der Waals surface area contributed by atoms with Gasteiger partial charge in [0.05, 0.1) is 10.0 Å². The first-order valence-corrected chi connectivity index (χ1v) is 8.02. The molecule has 2 N–H and O–H groups in total. The Morgan fingerprint density at radius 2 is 2.09 bits per heavy atom. The molecule has 1 amide bonds. The maximum atomic E-state index is 12.0. The third-order valence-electron chi connectivity index (χ3n) is 3.20. The highest BCUT2D eigenvalue weighted by Gasteiger charge is 2.12. The van der Waals surface area contributed by atoms with Crippen LogP contribution in [0.4, 0.5) is 5.82 Å². The van der Waals surface area contributed by atoms with Gasteiger partial charge in [0.15, 0.2) is 0 Å². The summed E-state index contributed by atoms with van der Waals surface area (Å²) in [6.07, 6.45) is 6.60. The first-order valence-electron chi connectivity index (χ1n) is 6.83. The van der Waals surface area contributed by atoms with E-state index in [0.29, 0.717) is 10.2 Å². The Morgan fingerprint density at radius 3 is 2.78 bits per heavy atom. The number of anilines is 1. The molecule has 0 aromatic carbocycles. The number of amides is 1. The van der Waals surface area contributed by atoms with Gasteiger partial charge in [-0.15, -0.1) is 11.3 Å². The van der Waals surface area contributed by atoms with Gasteiger partial charge < -0.3 is 5.32 Å². The van der Waals surface area contributed by atoms with E-state index >= 15 is 0 Å². The average Bonchev–Trinajstić information content (AvgIpc) is 3.13. The van der Waals surface area contributed by atoms with Crippen LogP contribution in [0.1, 0.15) is 10.4 Å². The van der Waals surface area contributed by atoms with Crippen molar-refractivity contribution in [2.75, 3.05) is 5.32 Å². The van der Waals surface area contributed by atoms with Gasteiger partial charge >= 0.3 is 0 Å². The minimum Gasteiger partial charge on any atom is -0.307 e. The van der Waals surface area contributed by atoms with Crippen LogP contribution in [-0.2, 0) is 4.79 Å². The fourth-order valence-electron chi connectivity index (χ4n) is 2.05. The lowest BCUT2D eigenvalue weighted by molar-refractivity contribution is -0.111. The van der Waals surface area contributed by atoms with E-state index in [1.165, 1.54) is 17.4 Å². The standard InChI is InChI=1S/C16H13ClN4OS/c1-10-15(11-6-8-18-9-7-11)20-21-16(10)19-14(22)5-3-12-2-4-13(17)23-12/h2-9H,1H3,(H2,19,20,21,22). The molecule has 0 bridgehead atoms. The lowest BCUT2D eigenvalue weighted by Gasteiger charge is -2.01. The fraction of sp³-hybridized carbons (Fsp3) is 0.0625. The molecule has 0 radical (unpaired) electrons. The van der Waals surface area contributed by atoms with Crippen molar-refractivity contribution < 1.29 is 4.79 Å². The van der Waals surface area contributed by atoms with Gasteiger partial charge in [-0.2, -0.15) is 5.10 Å². The predicted molar refractivity (Wildman–Crippen MR) is 93.5 cm³/mol. The smallest absolute Gasteiger partial charge is 0.249 e. The van der Waals surface area contributed by atoms with Crippen molar-refractivity contribution in [2.24, 2.45) is 0 Å². The summed E-state index contributed by atoms with van der Waals surface area (Å²) in [5.41, 5.74) is 2.60. The zero-order chi connectivity index (χ0) is 16.2. The molecule has 0 aliphatic heterocycles. The highest BCUT2D eigenvalue weighted by molar-refractivity contribution is 7.17. The van der Waals surface area contributed by atoms with Gasteiger partial charge in [-0.3, -0.25) is 14.9 Å². The number of hydrogen-bond donors (Lipinski definition) is 2. The summed E-state index contributed by atoms with van der Waals surface area (Å²) >= 11 is 7.27. The van der Waals surface area contributed by atoms with E-state index in [1.807, 2.05) is 25.1 Å². The summed E-state index contributed by atoms with van der Waals surface area (Å²) < 4.78 is 0.691. The van der Waals surface area contributed by atoms with Crippen LogP contribution in [0.5, 0.6) is 0 Å². The molecule has 3 rings (SSSR count). The molecule has 7 heteroatoms. The zero-order valence-corrected chi connectivity index (χ0v) is 13.8. The summed E-state index contributed by atoms with van der Waals surface area (Å²) in [6, 6.07) is 7.40. The van der Waals surface area contributed by atoms with E-state index in [-0.39, 0.29) is 5.91 Å². The summed E-state index contributed by atoms with van der Waals surface area (Å²) in [6.45, 7) is 1.90. The molecule has 3 aromatic rings. The van der Waals surface area contributed by atoms with Crippen molar-refractivity contribution in [2.45, 2.75) is 6.92 Å². The molecule has 0 spiro atoms. The van der Waals surface area contributed by atoms with E-state index in [2.05, 4.69) is 20.5 Å². The second-order valence-corrected chi connectivity index (χ2v) is 6.52. The lowest BCUT2D eigenvalue weighted by atomic mass is 10.1. The molecule has 3 heterocycles. The van der Waals surface area contributed by atoms with Crippen molar-refractivity contribution >= 4 is 40.7 Å². The SMILES string of the molecule is Cc1c(-c2ccncc2)n[nH]c1NC(=O)C=Cc1ccc(Cl)s1. The number of thiophene rings is 1. The van der Waals surface area contributed by atoms with Crippen LogP contribution >= 0.6 is 22.9 Å². The number of nitrogens with one attached hydrogen (secondary N) is 2. The molecule has 0 fully saturated rings. The van der Waals surface area contributed by atoms with Gasteiger partial charge in [-0.05, 0) is 37.3 Å². The molecular formula is C16H13ClN4OS. The number of carbonyl (C=O) groups excluding carboxylic acids is 1. The van der Waals surface area contributed by atoms with Gasteiger partial charge in [-0.1, -0.05) is 11.6 Å². The highest BCUT2D eigenvalue weighted by Crippen LogP contribution is 2.25. The fourth-order valence-corrected chi connectivity index (χ4v) is 3.01. The van der Waals surface area contributed by atoms with Crippen molar-refractivity contribution in [3.63, 3.8) is 0 Å². The summed E-state index contributed by atoms with van der Waals surface area (Å²) in [4.78, 5) is 16.9. The number of carbonyl (C=O) groups is 1. The predicted octanol–water partition coefficient (Wildman–Crippen LogP) is 4.15. The number of H-pyrrole nitrogens is 1. The van der Waals surface area contributed by atoms with Crippen molar-refractivity contribution in [3.8, 4) is 11.3 Å². The highest BCUT2D eigenvalue weighted by atomic mass is 35.5. The third-order valence-corrected chi connectivity index (χ3v) is 4.40. The molecule has 0 unspecified atom stereocenters. The van der Waals surface area contributed by atoms with E-state index in [1.54, 1.807) is 24.5 Å². The van der Waals surface area contributed by atoms with E-state index < -0.39 is 0 Å². The maximum absolute atomic E-state index is 12.0. The number of rotatable bonds is 4.